The zero-order valence-electron chi connectivity index (χ0n) is 13.8. The van der Waals surface area contributed by atoms with Crippen molar-refractivity contribution in [3.63, 3.8) is 0 Å². The highest BCUT2D eigenvalue weighted by Gasteiger charge is 2.21. The van der Waals surface area contributed by atoms with Crippen molar-refractivity contribution in [2.75, 3.05) is 19.7 Å². The molecule has 0 radical (unpaired) electrons. The van der Waals surface area contributed by atoms with Crippen molar-refractivity contribution in [1.82, 2.24) is 10.2 Å². The molecule has 1 heterocycles. The van der Waals surface area contributed by atoms with Crippen molar-refractivity contribution in [2.24, 2.45) is 5.92 Å². The van der Waals surface area contributed by atoms with Crippen LogP contribution in [0, 0.1) is 5.92 Å². The maximum atomic E-state index is 9.49. The molecular weight excluding hydrogens is 296 g/mol. The molecule has 1 aromatic rings. The Balaban J connectivity index is 1.74. The van der Waals surface area contributed by atoms with Crippen LogP contribution >= 0.6 is 11.6 Å². The Morgan fingerprint density at radius 3 is 2.41 bits per heavy atom. The summed E-state index contributed by atoms with van der Waals surface area (Å²) in [5.74, 6) is 0.620. The molecule has 0 spiro atoms. The van der Waals surface area contributed by atoms with Crippen molar-refractivity contribution in [3.05, 3.63) is 34.9 Å². The normalized spacial score (nSPS) is 18.8. The molecule has 22 heavy (non-hydrogen) atoms. The van der Waals surface area contributed by atoms with E-state index < -0.39 is 0 Å². The summed E-state index contributed by atoms with van der Waals surface area (Å²) in [5, 5.41) is 13.9. The highest BCUT2D eigenvalue weighted by Crippen LogP contribution is 2.17. The third kappa shape index (κ3) is 5.88. The van der Waals surface area contributed by atoms with E-state index in [9.17, 15) is 5.11 Å². The molecule has 124 valence electrons. The van der Waals surface area contributed by atoms with Crippen LogP contribution in [-0.2, 0) is 6.54 Å². The lowest BCUT2D eigenvalue weighted by Crippen LogP contribution is -2.47. The molecule has 1 saturated heterocycles. The van der Waals surface area contributed by atoms with Crippen molar-refractivity contribution in [2.45, 2.75) is 51.7 Å². The number of piperidine rings is 1. The maximum Gasteiger partial charge on any atom is 0.0584 e. The number of nitrogens with zero attached hydrogens (tertiary/aromatic N) is 1. The fourth-order valence-electron chi connectivity index (χ4n) is 3.20. The molecule has 0 saturated carbocycles. The van der Waals surface area contributed by atoms with E-state index in [1.807, 2.05) is 12.1 Å². The minimum Gasteiger partial charge on any atom is -0.395 e. The predicted molar refractivity (Wildman–Crippen MR) is 93.2 cm³/mol. The Bertz CT molecular complexity index is 427. The van der Waals surface area contributed by atoms with Gasteiger partial charge in [-0.3, -0.25) is 4.90 Å². The summed E-state index contributed by atoms with van der Waals surface area (Å²) >= 11 is 5.93. The summed E-state index contributed by atoms with van der Waals surface area (Å²) in [4.78, 5) is 2.50. The molecule has 1 aromatic carbocycles. The lowest BCUT2D eigenvalue weighted by Gasteiger charge is -2.34. The van der Waals surface area contributed by atoms with Gasteiger partial charge in [0.15, 0.2) is 0 Å². The SMILES string of the molecule is CC(C)CC(CO)NC1CCN(Cc2ccc(Cl)cc2)CC1. The van der Waals surface area contributed by atoms with E-state index in [1.165, 1.54) is 5.56 Å². The lowest BCUT2D eigenvalue weighted by atomic mass is 9.99. The average molecular weight is 325 g/mol. The number of hydrogen-bond acceptors (Lipinski definition) is 3. The van der Waals surface area contributed by atoms with E-state index in [4.69, 9.17) is 11.6 Å². The Morgan fingerprint density at radius 1 is 1.23 bits per heavy atom. The fourth-order valence-corrected chi connectivity index (χ4v) is 3.33. The first-order valence-corrected chi connectivity index (χ1v) is 8.78. The summed E-state index contributed by atoms with van der Waals surface area (Å²) < 4.78 is 0. The molecule has 2 N–H and O–H groups in total. The zero-order valence-corrected chi connectivity index (χ0v) is 14.5. The molecule has 1 fully saturated rings. The summed E-state index contributed by atoms with van der Waals surface area (Å²) in [5.41, 5.74) is 1.32. The van der Waals surface area contributed by atoms with E-state index in [0.29, 0.717) is 12.0 Å². The molecule has 0 aliphatic carbocycles. The Kier molecular flexibility index (Phi) is 7.16. The minimum absolute atomic E-state index is 0.239. The molecule has 1 aliphatic heterocycles. The Morgan fingerprint density at radius 2 is 1.86 bits per heavy atom. The van der Waals surface area contributed by atoms with Gasteiger partial charge in [-0.05, 0) is 56.0 Å². The number of benzene rings is 1. The van der Waals surface area contributed by atoms with Crippen LogP contribution in [0.5, 0.6) is 0 Å². The largest absolute Gasteiger partial charge is 0.395 e. The second-order valence-corrected chi connectivity index (χ2v) is 7.29. The van der Waals surface area contributed by atoms with Gasteiger partial charge in [0, 0.05) is 23.7 Å². The second kappa shape index (κ2) is 8.88. The molecule has 0 amide bonds. The predicted octanol–water partition coefficient (Wildman–Crippen LogP) is 3.30. The molecule has 3 nitrogen and oxygen atoms in total. The summed E-state index contributed by atoms with van der Waals surface area (Å²) in [6, 6.07) is 8.92. The monoisotopic (exact) mass is 324 g/mol. The number of halogens is 1. The topological polar surface area (TPSA) is 35.5 Å². The Hall–Kier alpha value is -0.610. The van der Waals surface area contributed by atoms with Crippen LogP contribution in [-0.4, -0.2) is 41.8 Å². The van der Waals surface area contributed by atoms with Crippen molar-refractivity contribution in [1.29, 1.82) is 0 Å². The highest BCUT2D eigenvalue weighted by atomic mass is 35.5. The van der Waals surface area contributed by atoms with Crippen LogP contribution in [0.25, 0.3) is 0 Å². The molecule has 1 aliphatic rings. The molecule has 0 aromatic heterocycles. The molecule has 1 unspecified atom stereocenters. The average Bonchev–Trinajstić information content (AvgIpc) is 2.50. The fraction of sp³-hybridized carbons (Fsp3) is 0.667. The first-order valence-electron chi connectivity index (χ1n) is 8.40. The van der Waals surface area contributed by atoms with Crippen LogP contribution in [0.4, 0.5) is 0 Å². The number of nitrogens with one attached hydrogen (secondary N) is 1. The minimum atomic E-state index is 0.239. The van der Waals surface area contributed by atoms with Crippen molar-refractivity contribution in [3.8, 4) is 0 Å². The molecule has 2 rings (SSSR count). The number of aliphatic hydroxyl groups is 1. The van der Waals surface area contributed by atoms with Gasteiger partial charge < -0.3 is 10.4 Å². The van der Waals surface area contributed by atoms with E-state index in [-0.39, 0.29) is 12.6 Å². The van der Waals surface area contributed by atoms with Crippen LogP contribution in [0.2, 0.25) is 5.02 Å². The van der Waals surface area contributed by atoms with Gasteiger partial charge in [-0.25, -0.2) is 0 Å². The third-order valence-corrected chi connectivity index (χ3v) is 4.61. The smallest absolute Gasteiger partial charge is 0.0584 e. The van der Waals surface area contributed by atoms with Gasteiger partial charge >= 0.3 is 0 Å². The molecule has 1 atom stereocenters. The lowest BCUT2D eigenvalue weighted by molar-refractivity contribution is 0.159. The van der Waals surface area contributed by atoms with Crippen LogP contribution < -0.4 is 5.32 Å². The molecular formula is C18H29ClN2O. The van der Waals surface area contributed by atoms with Crippen LogP contribution in [0.15, 0.2) is 24.3 Å². The van der Waals surface area contributed by atoms with Crippen LogP contribution in [0.1, 0.15) is 38.7 Å². The van der Waals surface area contributed by atoms with Gasteiger partial charge in [0.25, 0.3) is 0 Å². The van der Waals surface area contributed by atoms with Gasteiger partial charge in [-0.2, -0.15) is 0 Å². The number of rotatable bonds is 7. The van der Waals surface area contributed by atoms with Gasteiger partial charge in [0.1, 0.15) is 0 Å². The molecule has 4 heteroatoms. The summed E-state index contributed by atoms with van der Waals surface area (Å²) in [6.45, 7) is 7.88. The first-order chi connectivity index (χ1) is 10.6. The van der Waals surface area contributed by atoms with E-state index in [0.717, 1.165) is 43.9 Å². The van der Waals surface area contributed by atoms with Gasteiger partial charge in [-0.15, -0.1) is 0 Å². The van der Waals surface area contributed by atoms with Crippen molar-refractivity contribution < 1.29 is 5.11 Å². The number of hydrogen-bond donors (Lipinski definition) is 2. The zero-order chi connectivity index (χ0) is 15.9. The van der Waals surface area contributed by atoms with Gasteiger partial charge in [0.2, 0.25) is 0 Å². The third-order valence-electron chi connectivity index (χ3n) is 4.35. The maximum absolute atomic E-state index is 9.49. The standard InChI is InChI=1S/C18H29ClN2O/c1-14(2)11-18(13-22)20-17-7-9-21(10-8-17)12-15-3-5-16(19)6-4-15/h3-6,14,17-18,20,22H,7-13H2,1-2H3. The van der Waals surface area contributed by atoms with Gasteiger partial charge in [-0.1, -0.05) is 37.6 Å². The van der Waals surface area contributed by atoms with E-state index in [1.54, 1.807) is 0 Å². The number of likely N-dealkylation sites (tertiary alicyclic amines) is 1. The van der Waals surface area contributed by atoms with Gasteiger partial charge in [0.05, 0.1) is 6.61 Å². The number of aliphatic hydroxyl groups excluding tert-OH is 1. The Labute approximate surface area is 139 Å². The quantitative estimate of drug-likeness (QED) is 0.808. The summed E-state index contributed by atoms with van der Waals surface area (Å²) in [6.07, 6.45) is 3.35. The van der Waals surface area contributed by atoms with E-state index >= 15 is 0 Å². The van der Waals surface area contributed by atoms with Crippen molar-refractivity contribution >= 4 is 11.6 Å². The summed E-state index contributed by atoms with van der Waals surface area (Å²) in [7, 11) is 0. The molecule has 0 bridgehead atoms. The van der Waals surface area contributed by atoms with Crippen LogP contribution in [0.3, 0.4) is 0 Å². The van der Waals surface area contributed by atoms with E-state index in [2.05, 4.69) is 36.2 Å². The first kappa shape index (κ1) is 17.7. The second-order valence-electron chi connectivity index (χ2n) is 6.85. The highest BCUT2D eigenvalue weighted by molar-refractivity contribution is 6.30.